The Morgan fingerprint density at radius 2 is 1.70 bits per heavy atom. The number of hydrogen-bond acceptors (Lipinski definition) is 2. The van der Waals surface area contributed by atoms with Crippen molar-refractivity contribution in [2.24, 2.45) is 10.8 Å². The van der Waals surface area contributed by atoms with Crippen molar-refractivity contribution in [3.8, 4) is 11.1 Å². The van der Waals surface area contributed by atoms with E-state index < -0.39 is 17.6 Å². The molecule has 120 valence electrons. The molecule has 0 aliphatic rings. The Hall–Kier alpha value is -2.48. The van der Waals surface area contributed by atoms with E-state index in [-0.39, 0.29) is 10.7 Å². The third-order valence-electron chi connectivity index (χ3n) is 2.90. The van der Waals surface area contributed by atoms with Crippen LogP contribution in [-0.4, -0.2) is 11.3 Å². The molecule has 0 saturated heterocycles. The quantitative estimate of drug-likeness (QED) is 0.388. The van der Waals surface area contributed by atoms with E-state index in [9.17, 15) is 17.6 Å². The first-order valence-corrected chi connectivity index (χ1v) is 6.74. The zero-order valence-electron chi connectivity index (χ0n) is 11.6. The molecule has 0 heterocycles. The fourth-order valence-corrected chi connectivity index (χ4v) is 1.91. The average molecular weight is 341 g/mol. The number of hydrogen-bond donors (Lipinski definition) is 2. The van der Waals surface area contributed by atoms with Crippen molar-refractivity contribution in [2.45, 2.75) is 6.18 Å². The standard InChI is InChI=1S/C15H11F4N3S/c16-13-6-5-11(7-12(13)15(17,18)19)10-3-1-9(2-4-10)8-21-22-14(20)23/h1-8H,(H3,20,22,23). The van der Waals surface area contributed by atoms with E-state index in [2.05, 4.69) is 22.7 Å². The van der Waals surface area contributed by atoms with Crippen LogP contribution in [0.2, 0.25) is 0 Å². The summed E-state index contributed by atoms with van der Waals surface area (Å²) in [5.74, 6) is -1.30. The molecule has 0 saturated carbocycles. The van der Waals surface area contributed by atoms with Crippen molar-refractivity contribution < 1.29 is 17.6 Å². The molecular weight excluding hydrogens is 330 g/mol. The normalized spacial score (nSPS) is 11.7. The van der Waals surface area contributed by atoms with Crippen LogP contribution in [0.5, 0.6) is 0 Å². The number of thiocarbonyl (C=S) groups is 1. The molecule has 0 spiro atoms. The molecule has 0 atom stereocenters. The predicted molar refractivity (Wildman–Crippen MR) is 84.4 cm³/mol. The molecule has 8 heteroatoms. The zero-order chi connectivity index (χ0) is 17.0. The van der Waals surface area contributed by atoms with E-state index in [1.165, 1.54) is 12.3 Å². The van der Waals surface area contributed by atoms with Crippen molar-refractivity contribution in [1.29, 1.82) is 0 Å². The van der Waals surface area contributed by atoms with Crippen LogP contribution < -0.4 is 11.2 Å². The minimum atomic E-state index is -4.74. The highest BCUT2D eigenvalue weighted by molar-refractivity contribution is 7.80. The maximum atomic E-state index is 13.3. The molecule has 0 unspecified atom stereocenters. The van der Waals surface area contributed by atoms with E-state index in [0.29, 0.717) is 11.1 Å². The van der Waals surface area contributed by atoms with E-state index >= 15 is 0 Å². The monoisotopic (exact) mass is 341 g/mol. The van der Waals surface area contributed by atoms with E-state index in [4.69, 9.17) is 5.73 Å². The second kappa shape index (κ2) is 6.74. The van der Waals surface area contributed by atoms with Crippen LogP contribution in [0, 0.1) is 5.82 Å². The third kappa shape index (κ3) is 4.49. The summed E-state index contributed by atoms with van der Waals surface area (Å²) in [4.78, 5) is 0. The van der Waals surface area contributed by atoms with Gasteiger partial charge in [-0.2, -0.15) is 18.3 Å². The fourth-order valence-electron chi connectivity index (χ4n) is 1.85. The summed E-state index contributed by atoms with van der Waals surface area (Å²) in [5.41, 5.74) is 7.77. The lowest BCUT2D eigenvalue weighted by Crippen LogP contribution is -2.23. The Morgan fingerprint density at radius 1 is 1.09 bits per heavy atom. The molecular formula is C15H11F4N3S. The number of rotatable bonds is 3. The maximum Gasteiger partial charge on any atom is 0.419 e. The van der Waals surface area contributed by atoms with Crippen LogP contribution in [0.1, 0.15) is 11.1 Å². The van der Waals surface area contributed by atoms with Gasteiger partial charge in [-0.3, -0.25) is 5.43 Å². The van der Waals surface area contributed by atoms with Crippen molar-refractivity contribution in [1.82, 2.24) is 5.43 Å². The van der Waals surface area contributed by atoms with Gasteiger partial charge < -0.3 is 5.73 Å². The summed E-state index contributed by atoms with van der Waals surface area (Å²) in [6.45, 7) is 0. The molecule has 0 radical (unpaired) electrons. The van der Waals surface area contributed by atoms with Gasteiger partial charge in [-0.1, -0.05) is 30.3 Å². The average Bonchev–Trinajstić information content (AvgIpc) is 2.47. The lowest BCUT2D eigenvalue weighted by Gasteiger charge is -2.10. The van der Waals surface area contributed by atoms with E-state index in [1.54, 1.807) is 24.3 Å². The van der Waals surface area contributed by atoms with Gasteiger partial charge >= 0.3 is 6.18 Å². The van der Waals surface area contributed by atoms with Gasteiger partial charge in [0.25, 0.3) is 0 Å². The first-order chi connectivity index (χ1) is 10.8. The highest BCUT2D eigenvalue weighted by atomic mass is 32.1. The number of nitrogens with one attached hydrogen (secondary N) is 1. The molecule has 2 rings (SSSR count). The number of nitrogens with zero attached hydrogens (tertiary/aromatic N) is 1. The Morgan fingerprint density at radius 3 is 2.26 bits per heavy atom. The molecule has 0 aromatic heterocycles. The van der Waals surface area contributed by atoms with Gasteiger partial charge in [-0.05, 0) is 41.0 Å². The van der Waals surface area contributed by atoms with Crippen LogP contribution in [0.15, 0.2) is 47.6 Å². The van der Waals surface area contributed by atoms with Gasteiger partial charge in [0, 0.05) is 0 Å². The number of alkyl halides is 3. The number of nitrogens with two attached hydrogens (primary N) is 1. The first kappa shape index (κ1) is 16.9. The molecule has 0 aliphatic carbocycles. The van der Waals surface area contributed by atoms with E-state index in [0.717, 1.165) is 12.1 Å². The Labute approximate surface area is 134 Å². The molecule has 2 aromatic carbocycles. The summed E-state index contributed by atoms with van der Waals surface area (Å²) >= 11 is 4.58. The number of benzene rings is 2. The number of halogens is 4. The summed E-state index contributed by atoms with van der Waals surface area (Å²) in [7, 11) is 0. The van der Waals surface area contributed by atoms with Crippen LogP contribution in [-0.2, 0) is 6.18 Å². The lowest BCUT2D eigenvalue weighted by atomic mass is 10.0. The summed E-state index contributed by atoms with van der Waals surface area (Å²) in [5, 5.41) is 3.78. The second-order valence-corrected chi connectivity index (χ2v) is 4.99. The summed E-state index contributed by atoms with van der Waals surface area (Å²) in [6, 6.07) is 9.40. The lowest BCUT2D eigenvalue weighted by molar-refractivity contribution is -0.139. The zero-order valence-corrected chi connectivity index (χ0v) is 12.4. The van der Waals surface area contributed by atoms with Gasteiger partial charge in [0.1, 0.15) is 5.82 Å². The molecule has 23 heavy (non-hydrogen) atoms. The van der Waals surface area contributed by atoms with Crippen LogP contribution >= 0.6 is 12.2 Å². The second-order valence-electron chi connectivity index (χ2n) is 4.55. The molecule has 3 N–H and O–H groups in total. The van der Waals surface area contributed by atoms with Gasteiger partial charge in [0.15, 0.2) is 5.11 Å². The Kier molecular flexibility index (Phi) is 4.95. The van der Waals surface area contributed by atoms with Crippen LogP contribution in [0.3, 0.4) is 0 Å². The van der Waals surface area contributed by atoms with Gasteiger partial charge in [0.2, 0.25) is 0 Å². The highest BCUT2D eigenvalue weighted by Crippen LogP contribution is 2.34. The first-order valence-electron chi connectivity index (χ1n) is 6.33. The van der Waals surface area contributed by atoms with Crippen molar-refractivity contribution >= 4 is 23.5 Å². The molecule has 3 nitrogen and oxygen atoms in total. The van der Waals surface area contributed by atoms with Gasteiger partial charge in [-0.25, -0.2) is 4.39 Å². The molecule has 0 fully saturated rings. The number of hydrazone groups is 1. The van der Waals surface area contributed by atoms with Crippen LogP contribution in [0.4, 0.5) is 17.6 Å². The van der Waals surface area contributed by atoms with Crippen LogP contribution in [0.25, 0.3) is 11.1 Å². The SMILES string of the molecule is NC(=S)NN=Cc1ccc(-c2ccc(F)c(C(F)(F)F)c2)cc1. The largest absolute Gasteiger partial charge is 0.419 e. The fraction of sp³-hybridized carbons (Fsp3) is 0.0667. The minimum Gasteiger partial charge on any atom is -0.375 e. The highest BCUT2D eigenvalue weighted by Gasteiger charge is 2.34. The summed E-state index contributed by atoms with van der Waals surface area (Å²) in [6.07, 6.45) is -3.28. The van der Waals surface area contributed by atoms with Gasteiger partial charge in [0.05, 0.1) is 11.8 Å². The van der Waals surface area contributed by atoms with E-state index in [1.807, 2.05) is 0 Å². The Bertz CT molecular complexity index is 739. The molecule has 0 bridgehead atoms. The van der Waals surface area contributed by atoms with Crippen molar-refractivity contribution in [3.63, 3.8) is 0 Å². The summed E-state index contributed by atoms with van der Waals surface area (Å²) < 4.78 is 51.5. The molecule has 2 aromatic rings. The third-order valence-corrected chi connectivity index (χ3v) is 3.00. The molecule has 0 aliphatic heterocycles. The predicted octanol–water partition coefficient (Wildman–Crippen LogP) is 3.68. The van der Waals surface area contributed by atoms with Gasteiger partial charge in [-0.15, -0.1) is 0 Å². The van der Waals surface area contributed by atoms with Crippen molar-refractivity contribution in [2.75, 3.05) is 0 Å². The van der Waals surface area contributed by atoms with Crippen molar-refractivity contribution in [3.05, 3.63) is 59.4 Å². The Balaban J connectivity index is 2.26. The topological polar surface area (TPSA) is 50.4 Å². The maximum absolute atomic E-state index is 13.3. The minimum absolute atomic E-state index is 0.0175. The molecule has 0 amide bonds. The smallest absolute Gasteiger partial charge is 0.375 e.